The van der Waals surface area contributed by atoms with Crippen molar-refractivity contribution < 1.29 is 14.1 Å². The third-order valence-electron chi connectivity index (χ3n) is 3.91. The Labute approximate surface area is 139 Å². The quantitative estimate of drug-likeness (QED) is 0.369. The molecule has 0 aromatic heterocycles. The minimum atomic E-state index is -0.659. The summed E-state index contributed by atoms with van der Waals surface area (Å²) < 4.78 is 19.3. The first kappa shape index (κ1) is 16.7. The van der Waals surface area contributed by atoms with Gasteiger partial charge in [-0.05, 0) is 34.8 Å². The van der Waals surface area contributed by atoms with Crippen molar-refractivity contribution in [3.63, 3.8) is 0 Å². The summed E-state index contributed by atoms with van der Waals surface area (Å²) in [4.78, 5) is 10.4. The summed E-state index contributed by atoms with van der Waals surface area (Å²) in [5, 5.41) is 11.9. The molecule has 0 amide bonds. The zero-order valence-corrected chi connectivity index (χ0v) is 14.6. The van der Waals surface area contributed by atoms with Crippen molar-refractivity contribution in [1.82, 2.24) is 0 Å². The number of hydrogen-bond donors (Lipinski definition) is 0. The van der Waals surface area contributed by atoms with Crippen LogP contribution in [0.4, 0.5) is 10.1 Å². The fourth-order valence-corrected chi connectivity index (χ4v) is 3.93. The predicted molar refractivity (Wildman–Crippen MR) is 85.6 cm³/mol. The van der Waals surface area contributed by atoms with Crippen LogP contribution < -0.4 is 4.74 Å². The Morgan fingerprint density at radius 1 is 1.33 bits per heavy atom. The highest BCUT2D eigenvalue weighted by Gasteiger charge is 2.33. The van der Waals surface area contributed by atoms with E-state index in [-0.39, 0.29) is 21.3 Å². The average molecular weight is 425 g/mol. The van der Waals surface area contributed by atoms with Gasteiger partial charge < -0.3 is 4.74 Å². The molecule has 1 aromatic rings. The summed E-state index contributed by atoms with van der Waals surface area (Å²) >= 11 is 6.68. The minimum absolute atomic E-state index is 0.0000549. The summed E-state index contributed by atoms with van der Waals surface area (Å²) in [6.45, 7) is 0.392. The van der Waals surface area contributed by atoms with Gasteiger partial charge in [0, 0.05) is 10.7 Å². The molecule has 116 valence electrons. The lowest BCUT2D eigenvalue weighted by Crippen LogP contribution is -2.32. The van der Waals surface area contributed by atoms with Crippen LogP contribution in [0.1, 0.15) is 32.1 Å². The summed E-state index contributed by atoms with van der Waals surface area (Å²) in [6.07, 6.45) is 5.56. The number of nitro groups is 1. The van der Waals surface area contributed by atoms with Crippen LogP contribution in [0.25, 0.3) is 0 Å². The molecule has 0 bridgehead atoms. The topological polar surface area (TPSA) is 52.4 Å². The van der Waals surface area contributed by atoms with Gasteiger partial charge in [0.25, 0.3) is 0 Å². The maximum atomic E-state index is 13.3. The van der Waals surface area contributed by atoms with E-state index < -0.39 is 10.7 Å². The molecular formula is C14H16Br2FNO3. The molecule has 4 nitrogen and oxygen atoms in total. The van der Waals surface area contributed by atoms with Crippen LogP contribution in [0.15, 0.2) is 16.6 Å². The minimum Gasteiger partial charge on any atom is -0.485 e. The molecule has 1 aliphatic rings. The molecule has 0 N–H and O–H groups in total. The molecule has 1 fully saturated rings. The molecular weight excluding hydrogens is 409 g/mol. The first-order valence-electron chi connectivity index (χ1n) is 6.80. The first-order valence-corrected chi connectivity index (χ1v) is 8.71. The van der Waals surface area contributed by atoms with Crippen molar-refractivity contribution in [2.24, 2.45) is 5.41 Å². The Morgan fingerprint density at radius 3 is 2.57 bits per heavy atom. The van der Waals surface area contributed by atoms with Gasteiger partial charge >= 0.3 is 5.69 Å². The number of hydrogen-bond acceptors (Lipinski definition) is 3. The van der Waals surface area contributed by atoms with E-state index in [4.69, 9.17) is 4.74 Å². The molecule has 0 saturated heterocycles. The molecule has 0 radical (unpaired) electrons. The summed E-state index contributed by atoms with van der Waals surface area (Å²) in [6, 6.07) is 2.08. The molecule has 21 heavy (non-hydrogen) atoms. The fourth-order valence-electron chi connectivity index (χ4n) is 2.67. The van der Waals surface area contributed by atoms with E-state index in [1.165, 1.54) is 12.5 Å². The Hall–Kier alpha value is -0.690. The van der Waals surface area contributed by atoms with Crippen LogP contribution >= 0.6 is 31.9 Å². The summed E-state index contributed by atoms with van der Waals surface area (Å²) in [7, 11) is 0. The molecule has 0 spiro atoms. The molecule has 1 aromatic carbocycles. The molecule has 0 unspecified atom stereocenters. The van der Waals surface area contributed by atoms with Crippen molar-refractivity contribution >= 4 is 37.5 Å². The predicted octanol–water partition coefficient (Wildman–Crippen LogP) is 5.22. The number of rotatable bonds is 5. The monoisotopic (exact) mass is 423 g/mol. The van der Waals surface area contributed by atoms with E-state index in [0.717, 1.165) is 37.1 Å². The van der Waals surface area contributed by atoms with E-state index in [1.807, 2.05) is 0 Å². The van der Waals surface area contributed by atoms with Crippen LogP contribution in [0, 0.1) is 21.3 Å². The SMILES string of the molecule is O=[N+]([O-])c1cc(F)cc(Br)c1OCC1(CBr)CCCCC1. The standard InChI is InChI=1S/C14H16Br2FNO3/c15-8-14(4-2-1-3-5-14)9-21-13-11(16)6-10(17)7-12(13)18(19)20/h6-7H,1-5,8-9H2. The Morgan fingerprint density at radius 2 is 2.00 bits per heavy atom. The number of ether oxygens (including phenoxy) is 1. The molecule has 0 heterocycles. The van der Waals surface area contributed by atoms with Gasteiger partial charge in [-0.15, -0.1) is 0 Å². The van der Waals surface area contributed by atoms with Crippen LogP contribution in [0.5, 0.6) is 5.75 Å². The number of alkyl halides is 1. The highest BCUT2D eigenvalue weighted by Crippen LogP contribution is 2.41. The highest BCUT2D eigenvalue weighted by molar-refractivity contribution is 9.10. The number of nitro benzene ring substituents is 1. The summed E-state index contributed by atoms with van der Waals surface area (Å²) in [5.74, 6) is -0.555. The van der Waals surface area contributed by atoms with E-state index in [1.54, 1.807) is 0 Å². The molecule has 1 saturated carbocycles. The van der Waals surface area contributed by atoms with Gasteiger partial charge in [0.05, 0.1) is 22.1 Å². The molecule has 1 aliphatic carbocycles. The fraction of sp³-hybridized carbons (Fsp3) is 0.571. The number of benzene rings is 1. The van der Waals surface area contributed by atoms with Crippen LogP contribution in [0.3, 0.4) is 0 Å². The lowest BCUT2D eigenvalue weighted by atomic mass is 9.76. The first-order chi connectivity index (χ1) is 9.97. The molecule has 0 atom stereocenters. The second kappa shape index (κ2) is 7.05. The summed E-state index contributed by atoms with van der Waals surface area (Å²) in [5.41, 5.74) is -0.345. The van der Waals surface area contributed by atoms with Gasteiger partial charge in [0.15, 0.2) is 0 Å². The van der Waals surface area contributed by atoms with Gasteiger partial charge in [-0.25, -0.2) is 4.39 Å². The highest BCUT2D eigenvalue weighted by atomic mass is 79.9. The third-order valence-corrected chi connectivity index (χ3v) is 5.68. The average Bonchev–Trinajstić information content (AvgIpc) is 2.46. The van der Waals surface area contributed by atoms with Gasteiger partial charge in [0.2, 0.25) is 5.75 Å². The smallest absolute Gasteiger partial charge is 0.315 e. The molecule has 2 rings (SSSR count). The van der Waals surface area contributed by atoms with E-state index >= 15 is 0 Å². The zero-order chi connectivity index (χ0) is 15.5. The van der Waals surface area contributed by atoms with Crippen LogP contribution in [0.2, 0.25) is 0 Å². The maximum absolute atomic E-state index is 13.3. The Bertz CT molecular complexity index is 533. The largest absolute Gasteiger partial charge is 0.485 e. The second-order valence-corrected chi connectivity index (χ2v) is 6.89. The number of nitrogens with zero attached hydrogens (tertiary/aromatic N) is 1. The van der Waals surface area contributed by atoms with Gasteiger partial charge in [-0.2, -0.15) is 0 Å². The van der Waals surface area contributed by atoms with Gasteiger partial charge in [-0.1, -0.05) is 35.2 Å². The van der Waals surface area contributed by atoms with Gasteiger partial charge in [-0.3, -0.25) is 10.1 Å². The lowest BCUT2D eigenvalue weighted by molar-refractivity contribution is -0.386. The van der Waals surface area contributed by atoms with Crippen molar-refractivity contribution in [3.8, 4) is 5.75 Å². The van der Waals surface area contributed by atoms with Crippen LogP contribution in [-0.2, 0) is 0 Å². The van der Waals surface area contributed by atoms with Crippen molar-refractivity contribution in [3.05, 3.63) is 32.5 Å². The normalized spacial score (nSPS) is 17.5. The van der Waals surface area contributed by atoms with Crippen LogP contribution in [-0.4, -0.2) is 16.9 Å². The molecule has 7 heteroatoms. The van der Waals surface area contributed by atoms with E-state index in [2.05, 4.69) is 31.9 Å². The Balaban J connectivity index is 2.21. The van der Waals surface area contributed by atoms with E-state index in [0.29, 0.717) is 6.61 Å². The number of halogens is 3. The molecule has 0 aliphatic heterocycles. The van der Waals surface area contributed by atoms with Gasteiger partial charge in [0.1, 0.15) is 5.82 Å². The van der Waals surface area contributed by atoms with Crippen molar-refractivity contribution in [2.45, 2.75) is 32.1 Å². The third kappa shape index (κ3) is 3.94. The lowest BCUT2D eigenvalue weighted by Gasteiger charge is -2.35. The van der Waals surface area contributed by atoms with E-state index in [9.17, 15) is 14.5 Å². The Kier molecular flexibility index (Phi) is 5.60. The second-order valence-electron chi connectivity index (χ2n) is 5.48. The van der Waals surface area contributed by atoms with Crippen molar-refractivity contribution in [1.29, 1.82) is 0 Å². The van der Waals surface area contributed by atoms with Crippen molar-refractivity contribution in [2.75, 3.05) is 11.9 Å². The zero-order valence-electron chi connectivity index (χ0n) is 11.4. The maximum Gasteiger partial charge on any atom is 0.315 e.